The molecule has 1 aliphatic carbocycles. The average Bonchev–Trinajstić information content (AvgIpc) is 1.45. The van der Waals surface area contributed by atoms with Gasteiger partial charge in [0.1, 0.15) is 53.6 Å². The first-order chi connectivity index (χ1) is 43.5. The number of alkyl carbamates (subject to hydrolysis) is 1. The van der Waals surface area contributed by atoms with Crippen molar-refractivity contribution in [2.24, 2.45) is 5.92 Å². The molecule has 0 heterocycles. The second-order valence-electron chi connectivity index (χ2n) is 26.0. The SMILES string of the molecule is CSCC[C@H](NC(=O)OCC1c2ccccc2-c2ccccc21)C(=O)N[C@@H](CC(=O)OC(C)(C)C)C(=O)NCC(=O)N[C@@H](CSC(c1ccccc1)(c1ccccc1)c1ccccc1)C(=O)N[C@@H](CCC(=O)OC(C)(C)C)C(=O)N[C@@H](CC(C)C)C(=O)OC(C)(C)C. The Bertz CT molecular complexity index is 3190. The zero-order chi connectivity index (χ0) is 67.4. The van der Waals surface area contributed by atoms with Crippen molar-refractivity contribution >= 4 is 77.1 Å². The fraction of sp³-hybridized carbons (Fsp3) is 0.451. The topological polar surface area (TPSA) is 263 Å². The second kappa shape index (κ2) is 33.4. The molecule has 0 bridgehead atoms. The highest BCUT2D eigenvalue weighted by molar-refractivity contribution is 8.00. The van der Waals surface area contributed by atoms with Crippen LogP contribution in [0.3, 0.4) is 0 Å². The number of hydrogen-bond donors (Lipinski definition) is 6. The summed E-state index contributed by atoms with van der Waals surface area (Å²) in [6.07, 6.45) is -0.0804. The Morgan fingerprint density at radius 1 is 0.489 bits per heavy atom. The molecule has 5 atom stereocenters. The molecule has 0 radical (unpaired) electrons. The quantitative estimate of drug-likeness (QED) is 0.0142. The van der Waals surface area contributed by atoms with Crippen LogP contribution in [0, 0.1) is 5.92 Å². The molecule has 5 aromatic rings. The third kappa shape index (κ3) is 22.0. The molecule has 0 aliphatic heterocycles. The Morgan fingerprint density at radius 3 is 1.42 bits per heavy atom. The van der Waals surface area contributed by atoms with Crippen molar-refractivity contribution in [1.82, 2.24) is 31.9 Å². The van der Waals surface area contributed by atoms with Gasteiger partial charge in [0, 0.05) is 18.1 Å². The van der Waals surface area contributed by atoms with Crippen LogP contribution in [0.4, 0.5) is 4.79 Å². The number of esters is 3. The van der Waals surface area contributed by atoms with Crippen molar-refractivity contribution in [1.29, 1.82) is 0 Å². The van der Waals surface area contributed by atoms with E-state index in [-0.39, 0.29) is 49.9 Å². The van der Waals surface area contributed by atoms with Gasteiger partial charge in [-0.2, -0.15) is 11.8 Å². The van der Waals surface area contributed by atoms with E-state index in [0.29, 0.717) is 5.75 Å². The number of hydrogen-bond acceptors (Lipinski definition) is 15. The van der Waals surface area contributed by atoms with E-state index in [9.17, 15) is 38.4 Å². The lowest BCUT2D eigenvalue weighted by atomic mass is 9.84. The first-order valence-electron chi connectivity index (χ1n) is 31.0. The smallest absolute Gasteiger partial charge is 0.407 e. The number of nitrogens with one attached hydrogen (secondary N) is 6. The minimum Gasteiger partial charge on any atom is -0.460 e. The normalized spacial score (nSPS) is 13.9. The van der Waals surface area contributed by atoms with Crippen molar-refractivity contribution in [3.8, 4) is 11.1 Å². The van der Waals surface area contributed by atoms with Crippen molar-refractivity contribution in [3.05, 3.63) is 167 Å². The fourth-order valence-electron chi connectivity index (χ4n) is 10.5. The summed E-state index contributed by atoms with van der Waals surface area (Å²) in [7, 11) is 0. The fourth-order valence-corrected chi connectivity index (χ4v) is 12.6. The van der Waals surface area contributed by atoms with Gasteiger partial charge in [-0.05, 0) is 138 Å². The van der Waals surface area contributed by atoms with Gasteiger partial charge in [-0.3, -0.25) is 33.6 Å². The summed E-state index contributed by atoms with van der Waals surface area (Å²) in [5.74, 6) is -6.70. The van der Waals surface area contributed by atoms with E-state index in [4.69, 9.17) is 18.9 Å². The monoisotopic (exact) mass is 1300 g/mol. The maximum absolute atomic E-state index is 15.2. The van der Waals surface area contributed by atoms with Gasteiger partial charge in [0.25, 0.3) is 0 Å². The van der Waals surface area contributed by atoms with E-state index in [1.807, 2.05) is 160 Å². The van der Waals surface area contributed by atoms with Gasteiger partial charge in [0.15, 0.2) is 0 Å². The minimum absolute atomic E-state index is 0.0314. The highest BCUT2D eigenvalue weighted by Gasteiger charge is 2.41. The largest absolute Gasteiger partial charge is 0.460 e. The van der Waals surface area contributed by atoms with E-state index in [0.717, 1.165) is 38.9 Å². The predicted molar refractivity (Wildman–Crippen MR) is 358 cm³/mol. The van der Waals surface area contributed by atoms with Gasteiger partial charge in [-0.25, -0.2) is 9.59 Å². The Morgan fingerprint density at radius 2 is 0.935 bits per heavy atom. The van der Waals surface area contributed by atoms with Crippen molar-refractivity contribution < 1.29 is 62.1 Å². The first kappa shape index (κ1) is 72.9. The van der Waals surface area contributed by atoms with Crippen LogP contribution in [0.25, 0.3) is 11.1 Å². The highest BCUT2D eigenvalue weighted by Crippen LogP contribution is 2.49. The molecule has 19 nitrogen and oxygen atoms in total. The molecule has 6 amide bonds. The van der Waals surface area contributed by atoms with Gasteiger partial charge in [-0.15, -0.1) is 11.8 Å². The molecule has 1 aliphatic rings. The van der Waals surface area contributed by atoms with Crippen LogP contribution in [0.15, 0.2) is 140 Å². The molecule has 0 spiro atoms. The van der Waals surface area contributed by atoms with Crippen LogP contribution < -0.4 is 31.9 Å². The molecule has 0 aromatic heterocycles. The molecule has 0 saturated carbocycles. The number of fused-ring (bicyclic) bond motifs is 3. The van der Waals surface area contributed by atoms with Crippen LogP contribution >= 0.6 is 23.5 Å². The molecule has 0 saturated heterocycles. The van der Waals surface area contributed by atoms with Gasteiger partial charge < -0.3 is 50.8 Å². The van der Waals surface area contributed by atoms with E-state index < -0.39 is 118 Å². The highest BCUT2D eigenvalue weighted by atomic mass is 32.2. The van der Waals surface area contributed by atoms with Crippen molar-refractivity contribution in [3.63, 3.8) is 0 Å². The van der Waals surface area contributed by atoms with Gasteiger partial charge in [-0.1, -0.05) is 153 Å². The molecule has 6 N–H and O–H groups in total. The van der Waals surface area contributed by atoms with E-state index >= 15 is 4.79 Å². The zero-order valence-electron chi connectivity index (χ0n) is 54.8. The third-order valence-corrected chi connectivity index (χ3v) is 16.8. The lowest BCUT2D eigenvalue weighted by molar-refractivity contribution is -0.160. The Kier molecular flexibility index (Phi) is 26.5. The summed E-state index contributed by atoms with van der Waals surface area (Å²) in [6, 6.07) is 37.5. The lowest BCUT2D eigenvalue weighted by Crippen LogP contribution is -2.58. The van der Waals surface area contributed by atoms with Crippen molar-refractivity contribution in [2.45, 2.75) is 166 Å². The number of benzene rings is 5. The van der Waals surface area contributed by atoms with Crippen LogP contribution in [0.1, 0.15) is 142 Å². The standard InChI is InChI=1S/C71H90N6O13S2/c1-45(2)40-57(66(85)90-70(9,10)11)76-63(82)54(36-37-60(79)88-68(3,4)5)74-65(84)58(44-92-71(46-26-16-13-17-27-46,47-28-18-14-19-29-47)48-30-20-15-21-31-48)73-59(78)42-72-62(81)56(41-61(80)89-69(6,7)8)75-64(83)55(38-39-91-12)77-67(86)87-43-53-51-34-24-22-32-49(51)50-33-23-25-35-52(50)53/h13-35,45,53-58H,36-44H2,1-12H3,(H,72,81)(H,73,78)(H,74,84)(H,75,83)(H,76,82)(H,77,86)/t54-,55-,56-,57-,58-/m0/s1. The molecule has 21 heteroatoms. The number of thioether (sulfide) groups is 2. The summed E-state index contributed by atoms with van der Waals surface area (Å²) in [4.78, 5) is 127. The molecule has 0 fully saturated rings. The number of ether oxygens (including phenoxy) is 4. The van der Waals surface area contributed by atoms with E-state index in [1.54, 1.807) is 62.3 Å². The minimum atomic E-state index is -1.64. The number of carbonyl (C=O) groups excluding carboxylic acids is 9. The zero-order valence-corrected chi connectivity index (χ0v) is 56.4. The van der Waals surface area contributed by atoms with E-state index in [2.05, 4.69) is 31.9 Å². The molecule has 92 heavy (non-hydrogen) atoms. The molecule has 6 rings (SSSR count). The second-order valence-corrected chi connectivity index (χ2v) is 28.2. The number of carbonyl (C=O) groups is 9. The van der Waals surface area contributed by atoms with Crippen LogP contribution in [0.5, 0.6) is 0 Å². The summed E-state index contributed by atoms with van der Waals surface area (Å²) in [5.41, 5.74) is 3.75. The number of amides is 6. The molecule has 494 valence electrons. The first-order valence-corrected chi connectivity index (χ1v) is 33.4. The molecule has 0 unspecified atom stereocenters. The van der Waals surface area contributed by atoms with Crippen LogP contribution in [-0.4, -0.2) is 131 Å². The van der Waals surface area contributed by atoms with Crippen LogP contribution in [-0.2, 0) is 62.1 Å². The maximum Gasteiger partial charge on any atom is 0.407 e. The molecular formula is C71H90N6O13S2. The lowest BCUT2D eigenvalue weighted by Gasteiger charge is -2.36. The number of rotatable bonds is 30. The Hall–Kier alpha value is -8.17. The van der Waals surface area contributed by atoms with Gasteiger partial charge in [0.2, 0.25) is 29.5 Å². The summed E-state index contributed by atoms with van der Waals surface area (Å²) in [6.45, 7) is 18.0. The van der Waals surface area contributed by atoms with Crippen LogP contribution in [0.2, 0.25) is 0 Å². The Balaban J connectivity index is 1.29. The predicted octanol–water partition coefficient (Wildman–Crippen LogP) is 9.67. The van der Waals surface area contributed by atoms with Gasteiger partial charge >= 0.3 is 24.0 Å². The Labute approximate surface area is 549 Å². The molecule has 5 aromatic carbocycles. The van der Waals surface area contributed by atoms with E-state index in [1.165, 1.54) is 23.5 Å². The maximum atomic E-state index is 15.2. The summed E-state index contributed by atoms with van der Waals surface area (Å²) < 4.78 is 21.6. The van der Waals surface area contributed by atoms with Crippen molar-refractivity contribution in [2.75, 3.05) is 30.9 Å². The van der Waals surface area contributed by atoms with Gasteiger partial charge in [0.05, 0.1) is 17.7 Å². The molecular weight excluding hydrogens is 1210 g/mol. The summed E-state index contributed by atoms with van der Waals surface area (Å²) in [5, 5.41) is 16.1. The average molecular weight is 1300 g/mol. The third-order valence-electron chi connectivity index (χ3n) is 14.5. The summed E-state index contributed by atoms with van der Waals surface area (Å²) >= 11 is 2.73.